The van der Waals surface area contributed by atoms with Crippen molar-refractivity contribution in [1.29, 1.82) is 0 Å². The zero-order chi connectivity index (χ0) is 8.23. The summed E-state index contributed by atoms with van der Waals surface area (Å²) in [6, 6.07) is 10.2. The molecular weight excluding hydrogens is 170 g/mol. The van der Waals surface area contributed by atoms with E-state index in [1.807, 2.05) is 18.2 Å². The van der Waals surface area contributed by atoms with Gasteiger partial charge in [0.25, 0.3) is 0 Å². The van der Waals surface area contributed by atoms with Crippen molar-refractivity contribution in [1.82, 2.24) is 0 Å². The van der Waals surface area contributed by atoms with Crippen LogP contribution < -0.4 is 0 Å². The van der Waals surface area contributed by atoms with Gasteiger partial charge < -0.3 is 4.74 Å². The Labute approximate surface area is 75.7 Å². The van der Waals surface area contributed by atoms with Crippen LogP contribution in [-0.4, -0.2) is 17.7 Å². The number of thioether (sulfide) groups is 1. The Hall–Kier alpha value is -0.800. The molecule has 0 amide bonds. The highest BCUT2D eigenvalue weighted by atomic mass is 32.2. The molecule has 0 spiro atoms. The zero-order valence-corrected chi connectivity index (χ0v) is 7.38. The smallest absolute Gasteiger partial charge is 0.139 e. The van der Waals surface area contributed by atoms with E-state index in [9.17, 15) is 0 Å². The second-order valence-corrected chi connectivity index (χ2v) is 3.34. The number of hydrogen-bond acceptors (Lipinski definition) is 3. The number of rotatable bonds is 1. The molecule has 1 aromatic carbocycles. The summed E-state index contributed by atoms with van der Waals surface area (Å²) in [5, 5.41) is 1.09. The minimum Gasteiger partial charge on any atom is -0.348 e. The number of benzene rings is 1. The lowest BCUT2D eigenvalue weighted by atomic mass is 10.2. The van der Waals surface area contributed by atoms with E-state index in [0.717, 1.165) is 5.04 Å². The molecule has 0 fully saturated rings. The van der Waals surface area contributed by atoms with Crippen LogP contribution in [0.3, 0.4) is 0 Å². The molecule has 0 saturated heterocycles. The largest absolute Gasteiger partial charge is 0.348 e. The van der Waals surface area contributed by atoms with E-state index >= 15 is 0 Å². The van der Waals surface area contributed by atoms with Gasteiger partial charge in [-0.15, -0.1) is 0 Å². The lowest BCUT2D eigenvalue weighted by Crippen LogP contribution is -2.06. The molecular formula is C9H9NOS. The maximum Gasteiger partial charge on any atom is 0.139 e. The minimum atomic E-state index is 0.497. The fourth-order valence-corrected chi connectivity index (χ4v) is 1.76. The summed E-state index contributed by atoms with van der Waals surface area (Å²) in [5.74, 6) is 0.716. The highest BCUT2D eigenvalue weighted by Crippen LogP contribution is 2.16. The Bertz CT molecular complexity index is 284. The molecule has 0 saturated carbocycles. The van der Waals surface area contributed by atoms with Crippen LogP contribution in [0.4, 0.5) is 0 Å². The number of hydrogen-bond donors (Lipinski definition) is 0. The topological polar surface area (TPSA) is 21.6 Å². The van der Waals surface area contributed by atoms with Crippen LogP contribution in [0, 0.1) is 0 Å². The van der Waals surface area contributed by atoms with E-state index in [0.29, 0.717) is 12.7 Å². The van der Waals surface area contributed by atoms with Crippen molar-refractivity contribution in [2.45, 2.75) is 0 Å². The Kier molecular flexibility index (Phi) is 2.44. The minimum absolute atomic E-state index is 0.497. The highest BCUT2D eigenvalue weighted by Gasteiger charge is 2.06. The molecule has 2 nitrogen and oxygen atoms in total. The van der Waals surface area contributed by atoms with Gasteiger partial charge in [-0.05, 0) is 0 Å². The zero-order valence-electron chi connectivity index (χ0n) is 6.56. The summed E-state index contributed by atoms with van der Waals surface area (Å²) < 4.78 is 5.10. The van der Waals surface area contributed by atoms with Crippen molar-refractivity contribution in [2.75, 3.05) is 12.7 Å². The van der Waals surface area contributed by atoms with E-state index in [1.54, 1.807) is 11.8 Å². The second kappa shape index (κ2) is 3.74. The molecule has 1 aromatic rings. The summed E-state index contributed by atoms with van der Waals surface area (Å²) in [6.45, 7) is 0.497. The molecule has 0 radical (unpaired) electrons. The summed E-state index contributed by atoms with van der Waals surface area (Å²) in [5.41, 5.74) is 1.19. The first-order valence-electron chi connectivity index (χ1n) is 3.77. The van der Waals surface area contributed by atoms with Gasteiger partial charge in [0, 0.05) is 5.56 Å². The van der Waals surface area contributed by atoms with E-state index < -0.39 is 0 Å². The van der Waals surface area contributed by atoms with Gasteiger partial charge in [-0.25, -0.2) is 4.99 Å². The monoisotopic (exact) mass is 179 g/mol. The summed E-state index contributed by atoms with van der Waals surface area (Å²) in [4.78, 5) is 4.26. The standard InChI is InChI=1S/C9H9NOS/c1-2-4-8(5-3-1)9-10-6-11-7-12-9/h1-5H,6-7H2. The van der Waals surface area contributed by atoms with Crippen LogP contribution in [0.5, 0.6) is 0 Å². The molecule has 1 aliphatic heterocycles. The summed E-state index contributed by atoms with van der Waals surface area (Å²) in [6.07, 6.45) is 0. The Morgan fingerprint density at radius 2 is 2.08 bits per heavy atom. The first-order valence-corrected chi connectivity index (χ1v) is 4.76. The number of ether oxygens (including phenoxy) is 1. The second-order valence-electron chi connectivity index (χ2n) is 2.42. The molecule has 0 bridgehead atoms. The predicted molar refractivity (Wildman–Crippen MR) is 51.4 cm³/mol. The first kappa shape index (κ1) is 7.83. The summed E-state index contributed by atoms with van der Waals surface area (Å²) in [7, 11) is 0. The predicted octanol–water partition coefficient (Wildman–Crippen LogP) is 2.11. The molecule has 0 atom stereocenters. The van der Waals surface area contributed by atoms with E-state index in [2.05, 4.69) is 17.1 Å². The van der Waals surface area contributed by atoms with Crippen LogP contribution in [0.15, 0.2) is 35.3 Å². The highest BCUT2D eigenvalue weighted by molar-refractivity contribution is 8.14. The molecule has 1 aliphatic rings. The van der Waals surface area contributed by atoms with Gasteiger partial charge >= 0.3 is 0 Å². The molecule has 2 rings (SSSR count). The number of aliphatic imine (C=N–C) groups is 1. The van der Waals surface area contributed by atoms with Gasteiger partial charge in [-0.3, -0.25) is 0 Å². The first-order chi connectivity index (χ1) is 5.97. The third kappa shape index (κ3) is 1.68. The van der Waals surface area contributed by atoms with Crippen molar-refractivity contribution in [3.8, 4) is 0 Å². The van der Waals surface area contributed by atoms with Gasteiger partial charge in [-0.1, -0.05) is 42.1 Å². The molecule has 0 aromatic heterocycles. The molecule has 62 valence electrons. The van der Waals surface area contributed by atoms with Gasteiger partial charge in [0.2, 0.25) is 0 Å². The molecule has 0 aliphatic carbocycles. The Balaban J connectivity index is 2.24. The lowest BCUT2D eigenvalue weighted by molar-refractivity contribution is 0.191. The third-order valence-corrected chi connectivity index (χ3v) is 2.52. The molecule has 0 unspecified atom stereocenters. The van der Waals surface area contributed by atoms with E-state index in [-0.39, 0.29) is 0 Å². The average Bonchev–Trinajstić information content (AvgIpc) is 2.21. The molecule has 3 heteroatoms. The fourth-order valence-electron chi connectivity index (χ4n) is 1.04. The summed E-state index contributed by atoms with van der Waals surface area (Å²) >= 11 is 1.64. The van der Waals surface area contributed by atoms with Crippen LogP contribution in [-0.2, 0) is 4.74 Å². The lowest BCUT2D eigenvalue weighted by Gasteiger charge is -2.11. The maximum absolute atomic E-state index is 5.10. The van der Waals surface area contributed by atoms with Crippen LogP contribution >= 0.6 is 11.8 Å². The maximum atomic E-state index is 5.10. The van der Waals surface area contributed by atoms with Crippen molar-refractivity contribution < 1.29 is 4.74 Å². The van der Waals surface area contributed by atoms with Gasteiger partial charge in [0.05, 0.1) is 0 Å². The van der Waals surface area contributed by atoms with Gasteiger partial charge in [-0.2, -0.15) is 0 Å². The average molecular weight is 179 g/mol. The van der Waals surface area contributed by atoms with Crippen LogP contribution in [0.25, 0.3) is 0 Å². The van der Waals surface area contributed by atoms with Crippen molar-refractivity contribution in [2.24, 2.45) is 4.99 Å². The Morgan fingerprint density at radius 3 is 2.75 bits per heavy atom. The fraction of sp³-hybridized carbons (Fsp3) is 0.222. The van der Waals surface area contributed by atoms with Crippen LogP contribution in [0.2, 0.25) is 0 Å². The third-order valence-electron chi connectivity index (χ3n) is 1.60. The number of nitrogens with zero attached hydrogens (tertiary/aromatic N) is 1. The quantitative estimate of drug-likeness (QED) is 0.658. The SMILES string of the molecule is c1ccc(C2=NCOCS2)cc1. The Morgan fingerprint density at radius 1 is 1.25 bits per heavy atom. The van der Waals surface area contributed by atoms with Crippen molar-refractivity contribution in [3.63, 3.8) is 0 Å². The normalized spacial score (nSPS) is 17.2. The van der Waals surface area contributed by atoms with Crippen molar-refractivity contribution >= 4 is 16.8 Å². The molecule has 1 heterocycles. The molecule has 12 heavy (non-hydrogen) atoms. The van der Waals surface area contributed by atoms with E-state index in [4.69, 9.17) is 4.74 Å². The van der Waals surface area contributed by atoms with E-state index in [1.165, 1.54) is 5.56 Å². The molecule has 0 N–H and O–H groups in total. The van der Waals surface area contributed by atoms with Gasteiger partial charge in [0.15, 0.2) is 0 Å². The van der Waals surface area contributed by atoms with Crippen molar-refractivity contribution in [3.05, 3.63) is 35.9 Å². The van der Waals surface area contributed by atoms with Crippen LogP contribution in [0.1, 0.15) is 5.56 Å². The van der Waals surface area contributed by atoms with Gasteiger partial charge in [0.1, 0.15) is 17.7 Å².